The van der Waals surface area contributed by atoms with E-state index in [9.17, 15) is 4.79 Å². The predicted molar refractivity (Wildman–Crippen MR) is 101 cm³/mol. The van der Waals surface area contributed by atoms with Gasteiger partial charge < -0.3 is 15.4 Å². The molecule has 0 spiro atoms. The summed E-state index contributed by atoms with van der Waals surface area (Å²) in [7, 11) is 0. The Morgan fingerprint density at radius 2 is 2.26 bits per heavy atom. The standard InChI is InChI=1S/C17H24N2O2S2/c1-5-21-16(20)14-12-7-6-11(4)8-13(12)23-15(14)19-17(22)18-9-10(2)3/h11H,2,5-9H2,1,3-4H3,(H2,18,19,22)/t11-/m1/s1. The van der Waals surface area contributed by atoms with Crippen molar-refractivity contribution in [2.45, 2.75) is 40.0 Å². The third-order valence-corrected chi connectivity index (χ3v) is 5.19. The maximum atomic E-state index is 12.4. The van der Waals surface area contributed by atoms with Gasteiger partial charge in [-0.15, -0.1) is 11.3 Å². The van der Waals surface area contributed by atoms with Crippen LogP contribution >= 0.6 is 23.6 Å². The molecular formula is C17H24N2O2S2. The summed E-state index contributed by atoms with van der Waals surface area (Å²) >= 11 is 6.94. The Balaban J connectivity index is 2.25. The molecule has 126 valence electrons. The zero-order valence-corrected chi connectivity index (χ0v) is 15.6. The van der Waals surface area contributed by atoms with E-state index >= 15 is 0 Å². The molecule has 0 saturated heterocycles. The minimum absolute atomic E-state index is 0.259. The van der Waals surface area contributed by atoms with Crippen molar-refractivity contribution in [2.75, 3.05) is 18.5 Å². The van der Waals surface area contributed by atoms with Gasteiger partial charge in [0.05, 0.1) is 12.2 Å². The number of carbonyl (C=O) groups is 1. The van der Waals surface area contributed by atoms with E-state index in [2.05, 4.69) is 24.1 Å². The van der Waals surface area contributed by atoms with Crippen LogP contribution in [0.5, 0.6) is 0 Å². The van der Waals surface area contributed by atoms with E-state index in [1.165, 1.54) is 4.88 Å². The van der Waals surface area contributed by atoms with Crippen molar-refractivity contribution >= 4 is 39.6 Å². The number of fused-ring (bicyclic) bond motifs is 1. The lowest BCUT2D eigenvalue weighted by Gasteiger charge is -2.18. The molecule has 1 aromatic heterocycles. The number of hydrogen-bond acceptors (Lipinski definition) is 4. The highest BCUT2D eigenvalue weighted by Gasteiger charge is 2.28. The van der Waals surface area contributed by atoms with Crippen LogP contribution in [0.4, 0.5) is 5.00 Å². The number of anilines is 1. The summed E-state index contributed by atoms with van der Waals surface area (Å²) in [6.45, 7) is 10.8. The van der Waals surface area contributed by atoms with Crippen LogP contribution in [0.1, 0.15) is 48.0 Å². The molecule has 0 aromatic carbocycles. The van der Waals surface area contributed by atoms with Gasteiger partial charge in [0.25, 0.3) is 0 Å². The number of carbonyl (C=O) groups excluding carboxylic acids is 1. The van der Waals surface area contributed by atoms with E-state index in [1.807, 2.05) is 13.8 Å². The van der Waals surface area contributed by atoms with Crippen molar-refractivity contribution in [1.29, 1.82) is 0 Å². The van der Waals surface area contributed by atoms with E-state index in [0.29, 0.717) is 29.7 Å². The molecule has 0 saturated carbocycles. The molecule has 0 amide bonds. The van der Waals surface area contributed by atoms with Gasteiger partial charge in [-0.2, -0.15) is 0 Å². The van der Waals surface area contributed by atoms with Gasteiger partial charge in [-0.1, -0.05) is 19.1 Å². The predicted octanol–water partition coefficient (Wildman–Crippen LogP) is 3.91. The monoisotopic (exact) mass is 352 g/mol. The summed E-state index contributed by atoms with van der Waals surface area (Å²) in [5.41, 5.74) is 2.80. The maximum absolute atomic E-state index is 12.4. The van der Waals surface area contributed by atoms with Crippen molar-refractivity contribution in [2.24, 2.45) is 5.92 Å². The average Bonchev–Trinajstić information content (AvgIpc) is 2.82. The summed E-state index contributed by atoms with van der Waals surface area (Å²) in [6.07, 6.45) is 3.04. The molecule has 23 heavy (non-hydrogen) atoms. The zero-order valence-electron chi connectivity index (χ0n) is 14.0. The molecule has 0 radical (unpaired) electrons. The van der Waals surface area contributed by atoms with Crippen LogP contribution in [0.25, 0.3) is 0 Å². The van der Waals surface area contributed by atoms with Crippen LogP contribution in [0.15, 0.2) is 12.2 Å². The average molecular weight is 353 g/mol. The van der Waals surface area contributed by atoms with Crippen molar-refractivity contribution in [3.05, 3.63) is 28.2 Å². The molecule has 0 unspecified atom stereocenters. The molecule has 2 N–H and O–H groups in total. The van der Waals surface area contributed by atoms with Crippen LogP contribution in [0.3, 0.4) is 0 Å². The molecule has 0 aliphatic heterocycles. The molecule has 1 heterocycles. The Morgan fingerprint density at radius 1 is 1.52 bits per heavy atom. The van der Waals surface area contributed by atoms with Gasteiger partial charge in [0.15, 0.2) is 5.11 Å². The van der Waals surface area contributed by atoms with Crippen LogP contribution < -0.4 is 10.6 Å². The van der Waals surface area contributed by atoms with E-state index in [-0.39, 0.29) is 5.97 Å². The third kappa shape index (κ3) is 4.54. The van der Waals surface area contributed by atoms with Crippen molar-refractivity contribution in [3.63, 3.8) is 0 Å². The molecule has 2 rings (SSSR count). The van der Waals surface area contributed by atoms with Crippen LogP contribution in [0, 0.1) is 5.92 Å². The summed E-state index contributed by atoms with van der Waals surface area (Å²) in [5, 5.41) is 7.57. The number of ether oxygens (including phenoxy) is 1. The third-order valence-electron chi connectivity index (χ3n) is 3.77. The second-order valence-corrected chi connectivity index (χ2v) is 7.55. The Hall–Kier alpha value is -1.40. The number of thiocarbonyl (C=S) groups is 1. The molecule has 0 fully saturated rings. The topological polar surface area (TPSA) is 50.4 Å². The quantitative estimate of drug-likeness (QED) is 0.478. The SMILES string of the molecule is C=C(C)CNC(=S)Nc1sc2c(c1C(=O)OCC)CC[C@@H](C)C2. The van der Waals surface area contributed by atoms with E-state index in [4.69, 9.17) is 17.0 Å². The van der Waals surface area contributed by atoms with E-state index in [1.54, 1.807) is 11.3 Å². The van der Waals surface area contributed by atoms with Gasteiger partial charge in [0, 0.05) is 11.4 Å². The number of hydrogen-bond donors (Lipinski definition) is 2. The van der Waals surface area contributed by atoms with Crippen LogP contribution in [0.2, 0.25) is 0 Å². The fraction of sp³-hybridized carbons (Fsp3) is 0.529. The lowest BCUT2D eigenvalue weighted by atomic mass is 9.88. The fourth-order valence-corrected chi connectivity index (χ4v) is 4.28. The largest absolute Gasteiger partial charge is 0.462 e. The Labute approximate surface area is 147 Å². The number of nitrogens with one attached hydrogen (secondary N) is 2. The molecule has 1 aliphatic carbocycles. The first-order valence-corrected chi connectivity index (χ1v) is 9.15. The van der Waals surface area contributed by atoms with Gasteiger partial charge in [0.1, 0.15) is 5.00 Å². The van der Waals surface area contributed by atoms with Gasteiger partial charge >= 0.3 is 5.97 Å². The molecule has 1 aromatic rings. The van der Waals surface area contributed by atoms with Gasteiger partial charge in [-0.05, 0) is 56.8 Å². The van der Waals surface area contributed by atoms with Crippen LogP contribution in [-0.4, -0.2) is 24.2 Å². The lowest BCUT2D eigenvalue weighted by molar-refractivity contribution is 0.0526. The van der Waals surface area contributed by atoms with Crippen molar-refractivity contribution in [1.82, 2.24) is 5.32 Å². The van der Waals surface area contributed by atoms with E-state index in [0.717, 1.165) is 35.4 Å². The first-order valence-electron chi connectivity index (χ1n) is 7.93. The van der Waals surface area contributed by atoms with Gasteiger partial charge in [0.2, 0.25) is 0 Å². The molecule has 4 nitrogen and oxygen atoms in total. The molecule has 6 heteroatoms. The minimum Gasteiger partial charge on any atom is -0.462 e. The smallest absolute Gasteiger partial charge is 0.341 e. The van der Waals surface area contributed by atoms with Crippen LogP contribution in [-0.2, 0) is 17.6 Å². The van der Waals surface area contributed by atoms with Gasteiger partial charge in [-0.3, -0.25) is 0 Å². The Kier molecular flexibility index (Phi) is 6.18. The summed E-state index contributed by atoms with van der Waals surface area (Å²) in [6, 6.07) is 0. The first-order chi connectivity index (χ1) is 10.9. The number of rotatable bonds is 5. The summed E-state index contributed by atoms with van der Waals surface area (Å²) < 4.78 is 5.25. The Morgan fingerprint density at radius 3 is 2.91 bits per heavy atom. The second-order valence-electron chi connectivity index (χ2n) is 6.04. The molecular weight excluding hydrogens is 328 g/mol. The molecule has 1 aliphatic rings. The second kappa shape index (κ2) is 7.93. The molecule has 0 bridgehead atoms. The van der Waals surface area contributed by atoms with Gasteiger partial charge in [-0.25, -0.2) is 4.79 Å². The minimum atomic E-state index is -0.259. The Bertz CT molecular complexity index is 622. The number of esters is 1. The number of thiophene rings is 1. The highest BCUT2D eigenvalue weighted by molar-refractivity contribution is 7.80. The highest BCUT2D eigenvalue weighted by atomic mass is 32.1. The van der Waals surface area contributed by atoms with E-state index < -0.39 is 0 Å². The molecule has 1 atom stereocenters. The fourth-order valence-electron chi connectivity index (χ4n) is 2.64. The lowest BCUT2D eigenvalue weighted by Crippen LogP contribution is -2.30. The normalized spacial score (nSPS) is 16.4. The van der Waals surface area contributed by atoms with Crippen molar-refractivity contribution in [3.8, 4) is 0 Å². The zero-order chi connectivity index (χ0) is 17.0. The summed E-state index contributed by atoms with van der Waals surface area (Å²) in [5.74, 6) is 0.391. The maximum Gasteiger partial charge on any atom is 0.341 e. The van der Waals surface area contributed by atoms with Crippen molar-refractivity contribution < 1.29 is 9.53 Å². The summed E-state index contributed by atoms with van der Waals surface area (Å²) in [4.78, 5) is 13.7. The highest BCUT2D eigenvalue weighted by Crippen LogP contribution is 2.40. The first kappa shape index (κ1) is 17.9.